The summed E-state index contributed by atoms with van der Waals surface area (Å²) in [6.45, 7) is -0.326. The van der Waals surface area contributed by atoms with Crippen LogP contribution in [-0.4, -0.2) is 35.4 Å². The maximum absolute atomic E-state index is 11.7. The van der Waals surface area contributed by atoms with E-state index in [0.717, 1.165) is 8.04 Å². The second-order valence-electron chi connectivity index (χ2n) is 3.17. The molecule has 0 saturated heterocycles. The van der Waals surface area contributed by atoms with E-state index >= 15 is 0 Å². The van der Waals surface area contributed by atoms with Crippen molar-refractivity contribution >= 4 is 44.4 Å². The van der Waals surface area contributed by atoms with Gasteiger partial charge in [0.05, 0.1) is 18.3 Å². The normalized spacial score (nSPS) is 12.2. The van der Waals surface area contributed by atoms with E-state index in [-0.39, 0.29) is 19.1 Å². The maximum atomic E-state index is 11.7. The van der Waals surface area contributed by atoms with Crippen LogP contribution in [0.5, 0.6) is 0 Å². The van der Waals surface area contributed by atoms with Gasteiger partial charge in [-0.15, -0.1) is 0 Å². The molecule has 1 atom stereocenters. The third-order valence-electron chi connectivity index (χ3n) is 1.88. The Balaban J connectivity index is 2.69. The Labute approximate surface area is 115 Å². The van der Waals surface area contributed by atoms with Crippen molar-refractivity contribution in [3.8, 4) is 0 Å². The molecule has 0 fully saturated rings. The van der Waals surface area contributed by atoms with Crippen LogP contribution in [0.2, 0.25) is 0 Å². The van der Waals surface area contributed by atoms with Gasteiger partial charge >= 0.3 is 0 Å². The van der Waals surface area contributed by atoms with Gasteiger partial charge in [0, 0.05) is 14.6 Å². The Kier molecular flexibility index (Phi) is 5.67. The van der Waals surface area contributed by atoms with Gasteiger partial charge in [0.15, 0.2) is 0 Å². The van der Waals surface area contributed by atoms with Crippen molar-refractivity contribution in [2.75, 3.05) is 13.2 Å². The standard InChI is InChI=1S/C10H11BrINO3/c11-6-1-2-9(12)8(3-6)10(16)13-4-7(15)5-14/h1-3,7,14-15H,4-5H2,(H,13,16). The van der Waals surface area contributed by atoms with Crippen LogP contribution in [0, 0.1) is 3.57 Å². The summed E-state index contributed by atoms with van der Waals surface area (Å²) in [4.78, 5) is 11.7. The number of benzene rings is 1. The highest BCUT2D eigenvalue weighted by molar-refractivity contribution is 14.1. The number of halogens is 2. The fourth-order valence-corrected chi connectivity index (χ4v) is 1.98. The number of carbonyl (C=O) groups excluding carboxylic acids is 1. The molecule has 1 aromatic carbocycles. The summed E-state index contributed by atoms with van der Waals surface area (Å²) in [5, 5.41) is 20.3. The van der Waals surface area contributed by atoms with E-state index in [2.05, 4.69) is 43.8 Å². The van der Waals surface area contributed by atoms with E-state index in [4.69, 9.17) is 10.2 Å². The largest absolute Gasteiger partial charge is 0.394 e. The first-order valence-corrected chi connectivity index (χ1v) is 6.44. The fourth-order valence-electron chi connectivity index (χ4n) is 1.04. The molecule has 0 aliphatic carbocycles. The van der Waals surface area contributed by atoms with E-state index in [1.54, 1.807) is 6.07 Å². The second kappa shape index (κ2) is 6.53. The minimum Gasteiger partial charge on any atom is -0.394 e. The summed E-state index contributed by atoms with van der Waals surface area (Å²) in [7, 11) is 0. The van der Waals surface area contributed by atoms with Crippen LogP contribution < -0.4 is 5.32 Å². The highest BCUT2D eigenvalue weighted by Crippen LogP contribution is 2.18. The Morgan fingerprint density at radius 2 is 2.25 bits per heavy atom. The van der Waals surface area contributed by atoms with E-state index in [0.29, 0.717) is 5.56 Å². The lowest BCUT2D eigenvalue weighted by atomic mass is 10.2. The van der Waals surface area contributed by atoms with Gasteiger partial charge in [-0.3, -0.25) is 4.79 Å². The molecule has 0 spiro atoms. The minimum absolute atomic E-state index is 0.0396. The molecule has 88 valence electrons. The Morgan fingerprint density at radius 3 is 2.88 bits per heavy atom. The third kappa shape index (κ3) is 4.00. The highest BCUT2D eigenvalue weighted by atomic mass is 127. The van der Waals surface area contributed by atoms with Crippen molar-refractivity contribution in [2.45, 2.75) is 6.10 Å². The first kappa shape index (κ1) is 13.9. The van der Waals surface area contributed by atoms with E-state index in [1.165, 1.54) is 0 Å². The summed E-state index contributed by atoms with van der Waals surface area (Å²) in [5.74, 6) is -0.266. The van der Waals surface area contributed by atoms with Crippen molar-refractivity contribution in [2.24, 2.45) is 0 Å². The summed E-state index contributed by atoms with van der Waals surface area (Å²) >= 11 is 5.35. The molecule has 16 heavy (non-hydrogen) atoms. The number of hydrogen-bond donors (Lipinski definition) is 3. The summed E-state index contributed by atoms with van der Waals surface area (Å²) < 4.78 is 1.65. The molecule has 0 saturated carbocycles. The zero-order valence-electron chi connectivity index (χ0n) is 8.28. The van der Waals surface area contributed by atoms with Crippen LogP contribution >= 0.6 is 38.5 Å². The van der Waals surface area contributed by atoms with Crippen molar-refractivity contribution in [1.82, 2.24) is 5.32 Å². The number of hydrogen-bond acceptors (Lipinski definition) is 3. The number of carbonyl (C=O) groups is 1. The van der Waals surface area contributed by atoms with Gasteiger partial charge in [0.2, 0.25) is 0 Å². The molecule has 0 aliphatic heterocycles. The highest BCUT2D eigenvalue weighted by Gasteiger charge is 2.11. The van der Waals surface area contributed by atoms with Gasteiger partial charge in [-0.25, -0.2) is 0 Å². The molecule has 0 bridgehead atoms. The van der Waals surface area contributed by atoms with Crippen molar-refractivity contribution < 1.29 is 15.0 Å². The van der Waals surface area contributed by atoms with Gasteiger partial charge in [0.1, 0.15) is 0 Å². The van der Waals surface area contributed by atoms with E-state index in [1.807, 2.05) is 12.1 Å². The van der Waals surface area contributed by atoms with Crippen LogP contribution in [0.4, 0.5) is 0 Å². The lowest BCUT2D eigenvalue weighted by Gasteiger charge is -2.10. The fraction of sp³-hybridized carbons (Fsp3) is 0.300. The Bertz CT molecular complexity index is 386. The summed E-state index contributed by atoms with van der Waals surface area (Å²) in [6, 6.07) is 5.38. The van der Waals surface area contributed by atoms with Crippen molar-refractivity contribution in [3.05, 3.63) is 31.8 Å². The maximum Gasteiger partial charge on any atom is 0.252 e. The number of amides is 1. The summed E-state index contributed by atoms with van der Waals surface area (Å²) in [6.07, 6.45) is -0.922. The predicted octanol–water partition coefficient (Wildman–Crippen LogP) is 1.14. The van der Waals surface area contributed by atoms with Gasteiger partial charge in [-0.1, -0.05) is 15.9 Å². The number of aliphatic hydroxyl groups excluding tert-OH is 2. The molecule has 1 amide bonds. The lowest BCUT2D eigenvalue weighted by Crippen LogP contribution is -2.34. The van der Waals surface area contributed by atoms with Gasteiger partial charge < -0.3 is 15.5 Å². The number of nitrogens with one attached hydrogen (secondary N) is 1. The predicted molar refractivity (Wildman–Crippen MR) is 72.3 cm³/mol. The first-order valence-electron chi connectivity index (χ1n) is 4.56. The average molecular weight is 400 g/mol. The second-order valence-corrected chi connectivity index (χ2v) is 5.25. The molecule has 1 rings (SSSR count). The monoisotopic (exact) mass is 399 g/mol. The van der Waals surface area contributed by atoms with Crippen LogP contribution in [0.25, 0.3) is 0 Å². The van der Waals surface area contributed by atoms with Crippen LogP contribution in [0.15, 0.2) is 22.7 Å². The zero-order chi connectivity index (χ0) is 12.1. The van der Waals surface area contributed by atoms with E-state index in [9.17, 15) is 4.79 Å². The first-order chi connectivity index (χ1) is 7.54. The zero-order valence-corrected chi connectivity index (χ0v) is 12.0. The molecular weight excluding hydrogens is 389 g/mol. The Morgan fingerprint density at radius 1 is 1.56 bits per heavy atom. The molecule has 0 aromatic heterocycles. The quantitative estimate of drug-likeness (QED) is 0.665. The molecule has 6 heteroatoms. The molecule has 1 aromatic rings. The van der Waals surface area contributed by atoms with E-state index < -0.39 is 6.10 Å². The molecule has 1 unspecified atom stereocenters. The summed E-state index contributed by atoms with van der Waals surface area (Å²) in [5.41, 5.74) is 0.542. The molecule has 0 heterocycles. The smallest absolute Gasteiger partial charge is 0.252 e. The SMILES string of the molecule is O=C(NCC(O)CO)c1cc(Br)ccc1I. The van der Waals surface area contributed by atoms with Crippen LogP contribution in [0.3, 0.4) is 0 Å². The van der Waals surface area contributed by atoms with Crippen molar-refractivity contribution in [3.63, 3.8) is 0 Å². The van der Waals surface area contributed by atoms with Crippen LogP contribution in [-0.2, 0) is 0 Å². The molecule has 0 aliphatic rings. The number of rotatable bonds is 4. The van der Waals surface area contributed by atoms with Gasteiger partial charge in [-0.2, -0.15) is 0 Å². The molecular formula is C10H11BrINO3. The minimum atomic E-state index is -0.922. The molecule has 0 radical (unpaired) electrons. The Hall–Kier alpha value is -0.180. The average Bonchev–Trinajstić information content (AvgIpc) is 2.28. The van der Waals surface area contributed by atoms with Gasteiger partial charge in [-0.05, 0) is 40.8 Å². The molecule has 4 nitrogen and oxygen atoms in total. The molecule has 3 N–H and O–H groups in total. The topological polar surface area (TPSA) is 69.6 Å². The third-order valence-corrected chi connectivity index (χ3v) is 3.32. The van der Waals surface area contributed by atoms with Crippen LogP contribution in [0.1, 0.15) is 10.4 Å². The van der Waals surface area contributed by atoms with Crippen molar-refractivity contribution in [1.29, 1.82) is 0 Å². The number of aliphatic hydroxyl groups is 2. The van der Waals surface area contributed by atoms with Gasteiger partial charge in [0.25, 0.3) is 5.91 Å². The lowest BCUT2D eigenvalue weighted by molar-refractivity contribution is 0.0801.